The molecule has 0 aromatic rings. The molecule has 0 aromatic carbocycles. The largest absolute Gasteiger partial charge is 0.480 e. The van der Waals surface area contributed by atoms with Crippen molar-refractivity contribution in [1.29, 1.82) is 0 Å². The monoisotopic (exact) mass is 129 g/mol. The van der Waals surface area contributed by atoms with Gasteiger partial charge in [-0.1, -0.05) is 6.08 Å². The van der Waals surface area contributed by atoms with Crippen molar-refractivity contribution in [3.05, 3.63) is 12.7 Å². The van der Waals surface area contributed by atoms with E-state index in [0.717, 1.165) is 0 Å². The minimum absolute atomic E-state index is 0.917. The Morgan fingerprint density at radius 3 is 2.33 bits per heavy atom. The van der Waals surface area contributed by atoms with Crippen molar-refractivity contribution >= 4 is 5.97 Å². The van der Waals surface area contributed by atoms with Gasteiger partial charge >= 0.3 is 5.97 Å². The Labute approximate surface area is 54.4 Å². The minimum atomic E-state index is -0.986. The molecule has 0 radical (unpaired) electrons. The molecule has 1 unspecified atom stereocenters. The van der Waals surface area contributed by atoms with Crippen molar-refractivity contribution in [1.82, 2.24) is 5.32 Å². The molecule has 0 bridgehead atoms. The van der Waals surface area contributed by atoms with Gasteiger partial charge in [0.15, 0.2) is 0 Å². The van der Waals surface area contributed by atoms with Crippen molar-refractivity contribution in [2.75, 3.05) is 7.05 Å². The number of hydrogen-bond donors (Lipinski definition) is 2. The Morgan fingerprint density at radius 1 is 1.89 bits per heavy atom. The van der Waals surface area contributed by atoms with Gasteiger partial charge in [0.25, 0.3) is 0 Å². The first kappa shape index (κ1) is 8.17. The molecule has 0 aromatic heterocycles. The molecule has 0 amide bonds. The third kappa shape index (κ3) is 1.54. The first-order chi connectivity index (χ1) is 4.06. The molecule has 52 valence electrons. The maximum Gasteiger partial charge on any atom is 0.327 e. The Morgan fingerprint density at radius 2 is 2.33 bits per heavy atom. The zero-order valence-corrected chi connectivity index (χ0v) is 5.64. The van der Waals surface area contributed by atoms with Crippen LogP contribution in [0.1, 0.15) is 6.92 Å². The van der Waals surface area contributed by atoms with E-state index in [0.29, 0.717) is 0 Å². The van der Waals surface area contributed by atoms with Crippen LogP contribution in [0.4, 0.5) is 0 Å². The number of carboxylic acid groups (broad SMARTS) is 1. The smallest absolute Gasteiger partial charge is 0.327 e. The van der Waals surface area contributed by atoms with Crippen molar-refractivity contribution in [3.63, 3.8) is 0 Å². The van der Waals surface area contributed by atoms with E-state index in [2.05, 4.69) is 11.9 Å². The van der Waals surface area contributed by atoms with Crippen molar-refractivity contribution in [2.24, 2.45) is 0 Å². The summed E-state index contributed by atoms with van der Waals surface area (Å²) in [6.45, 7) is 4.93. The second-order valence-electron chi connectivity index (χ2n) is 1.96. The van der Waals surface area contributed by atoms with Crippen molar-refractivity contribution < 1.29 is 9.90 Å². The van der Waals surface area contributed by atoms with E-state index in [1.807, 2.05) is 0 Å². The molecule has 1 atom stereocenters. The van der Waals surface area contributed by atoms with Gasteiger partial charge in [-0.25, -0.2) is 4.79 Å². The highest BCUT2D eigenvalue weighted by molar-refractivity contribution is 5.80. The van der Waals surface area contributed by atoms with Crippen LogP contribution in [0.3, 0.4) is 0 Å². The summed E-state index contributed by atoms with van der Waals surface area (Å²) in [4.78, 5) is 10.3. The number of hydrogen-bond acceptors (Lipinski definition) is 2. The predicted molar refractivity (Wildman–Crippen MR) is 35.3 cm³/mol. The van der Waals surface area contributed by atoms with Crippen LogP contribution in [0.15, 0.2) is 12.7 Å². The fourth-order valence-electron chi connectivity index (χ4n) is 0.296. The molecule has 0 heterocycles. The van der Waals surface area contributed by atoms with Gasteiger partial charge in [0.1, 0.15) is 5.54 Å². The van der Waals surface area contributed by atoms with Crippen LogP contribution in [-0.2, 0) is 4.79 Å². The van der Waals surface area contributed by atoms with Gasteiger partial charge in [0.05, 0.1) is 0 Å². The van der Waals surface area contributed by atoms with Gasteiger partial charge in [-0.3, -0.25) is 0 Å². The number of carboxylic acids is 1. The van der Waals surface area contributed by atoms with E-state index in [9.17, 15) is 4.79 Å². The van der Waals surface area contributed by atoms with Crippen LogP contribution in [-0.4, -0.2) is 23.7 Å². The number of carbonyl (C=O) groups is 1. The quantitative estimate of drug-likeness (QED) is 0.536. The molecule has 3 heteroatoms. The summed E-state index contributed by atoms with van der Waals surface area (Å²) in [6.07, 6.45) is 1.36. The number of rotatable bonds is 3. The zero-order valence-electron chi connectivity index (χ0n) is 5.64. The van der Waals surface area contributed by atoms with E-state index in [1.54, 1.807) is 14.0 Å². The maximum absolute atomic E-state index is 10.3. The topological polar surface area (TPSA) is 49.3 Å². The van der Waals surface area contributed by atoms with Crippen LogP contribution in [0.5, 0.6) is 0 Å². The van der Waals surface area contributed by atoms with Crippen LogP contribution in [0.2, 0.25) is 0 Å². The van der Waals surface area contributed by atoms with Gasteiger partial charge in [0, 0.05) is 0 Å². The lowest BCUT2D eigenvalue weighted by Gasteiger charge is -2.18. The molecule has 9 heavy (non-hydrogen) atoms. The van der Waals surface area contributed by atoms with Crippen LogP contribution >= 0.6 is 0 Å². The molecule has 2 N–H and O–H groups in total. The molecular formula is C6H11NO2. The van der Waals surface area contributed by atoms with E-state index < -0.39 is 11.5 Å². The Balaban J connectivity index is 4.27. The van der Waals surface area contributed by atoms with Crippen LogP contribution in [0.25, 0.3) is 0 Å². The zero-order chi connectivity index (χ0) is 7.49. The third-order valence-corrected chi connectivity index (χ3v) is 1.37. The Hall–Kier alpha value is -0.830. The fraction of sp³-hybridized carbons (Fsp3) is 0.500. The third-order valence-electron chi connectivity index (χ3n) is 1.37. The lowest BCUT2D eigenvalue weighted by atomic mass is 10.0. The van der Waals surface area contributed by atoms with Crippen molar-refractivity contribution in [3.8, 4) is 0 Å². The van der Waals surface area contributed by atoms with Gasteiger partial charge < -0.3 is 10.4 Å². The molecule has 0 aliphatic carbocycles. The molecule has 0 aliphatic rings. The molecule has 3 nitrogen and oxygen atoms in total. The van der Waals surface area contributed by atoms with Crippen LogP contribution in [0, 0.1) is 0 Å². The summed E-state index contributed by atoms with van der Waals surface area (Å²) in [5.41, 5.74) is -0.986. The summed E-state index contributed by atoms with van der Waals surface area (Å²) in [7, 11) is 1.58. The van der Waals surface area contributed by atoms with Gasteiger partial charge in [-0.05, 0) is 14.0 Å². The highest BCUT2D eigenvalue weighted by Crippen LogP contribution is 2.02. The van der Waals surface area contributed by atoms with E-state index in [4.69, 9.17) is 5.11 Å². The number of aliphatic carboxylic acids is 1. The lowest BCUT2D eigenvalue weighted by molar-refractivity contribution is -0.141. The average molecular weight is 129 g/mol. The molecular weight excluding hydrogens is 118 g/mol. The van der Waals surface area contributed by atoms with Crippen LogP contribution < -0.4 is 5.32 Å². The molecule has 0 saturated heterocycles. The summed E-state index contributed by atoms with van der Waals surface area (Å²) in [5, 5.41) is 11.1. The molecule has 0 saturated carbocycles. The average Bonchev–Trinajstić information content (AvgIpc) is 1.86. The highest BCUT2D eigenvalue weighted by Gasteiger charge is 2.26. The second kappa shape index (κ2) is 2.64. The van der Waals surface area contributed by atoms with E-state index in [-0.39, 0.29) is 0 Å². The second-order valence-corrected chi connectivity index (χ2v) is 1.96. The van der Waals surface area contributed by atoms with Gasteiger partial charge in [0.2, 0.25) is 0 Å². The maximum atomic E-state index is 10.3. The van der Waals surface area contributed by atoms with E-state index >= 15 is 0 Å². The van der Waals surface area contributed by atoms with Gasteiger partial charge in [-0.2, -0.15) is 0 Å². The molecule has 0 fully saturated rings. The standard InChI is InChI=1S/C6H11NO2/c1-4-6(2,7-3)5(8)9/h4,7H,1H2,2-3H3,(H,8,9). The normalized spacial score (nSPS) is 16.2. The summed E-state index contributed by atoms with van der Waals surface area (Å²) in [5.74, 6) is -0.917. The lowest BCUT2D eigenvalue weighted by Crippen LogP contribution is -2.45. The van der Waals surface area contributed by atoms with Crippen molar-refractivity contribution in [2.45, 2.75) is 12.5 Å². The highest BCUT2D eigenvalue weighted by atomic mass is 16.4. The predicted octanol–water partition coefficient (Wildman–Crippen LogP) is 0.235. The molecule has 0 rings (SSSR count). The first-order valence-electron chi connectivity index (χ1n) is 2.62. The fourth-order valence-corrected chi connectivity index (χ4v) is 0.296. The molecule has 0 spiro atoms. The Kier molecular flexibility index (Phi) is 2.40. The Bertz CT molecular complexity index is 133. The first-order valence-corrected chi connectivity index (χ1v) is 2.62. The minimum Gasteiger partial charge on any atom is -0.480 e. The number of nitrogens with one attached hydrogen (secondary N) is 1. The van der Waals surface area contributed by atoms with E-state index in [1.165, 1.54) is 6.08 Å². The number of likely N-dealkylation sites (N-methyl/N-ethyl adjacent to an activating group) is 1. The van der Waals surface area contributed by atoms with Gasteiger partial charge in [-0.15, -0.1) is 6.58 Å². The molecule has 0 aliphatic heterocycles. The SMILES string of the molecule is C=CC(C)(NC)C(=O)O. The summed E-state index contributed by atoms with van der Waals surface area (Å²) in [6, 6.07) is 0. The summed E-state index contributed by atoms with van der Waals surface area (Å²) < 4.78 is 0. The summed E-state index contributed by atoms with van der Waals surface area (Å²) >= 11 is 0.